The Labute approximate surface area is 121 Å². The number of rotatable bonds is 4. The summed E-state index contributed by atoms with van der Waals surface area (Å²) in [5.74, 6) is 0.0411. The van der Waals surface area contributed by atoms with Crippen molar-refractivity contribution in [3.05, 3.63) is 40.4 Å². The summed E-state index contributed by atoms with van der Waals surface area (Å²) in [5, 5.41) is 9.03. The highest BCUT2D eigenvalue weighted by Crippen LogP contribution is 2.22. The Bertz CT molecular complexity index is 598. The van der Waals surface area contributed by atoms with Crippen LogP contribution in [0.4, 0.5) is 0 Å². The maximum absolute atomic E-state index is 12.2. The van der Waals surface area contributed by atoms with E-state index in [-0.39, 0.29) is 23.5 Å². The van der Waals surface area contributed by atoms with E-state index in [0.717, 1.165) is 10.0 Å². The highest BCUT2D eigenvalue weighted by Gasteiger charge is 2.24. The smallest absolute Gasteiger partial charge is 0.241 e. The molecular formula is C13H16BrNO3S. The van der Waals surface area contributed by atoms with Gasteiger partial charge >= 0.3 is 0 Å². The second kappa shape index (κ2) is 5.75. The van der Waals surface area contributed by atoms with Crippen molar-refractivity contribution in [3.8, 4) is 0 Å². The molecule has 1 aliphatic carbocycles. The Balaban J connectivity index is 2.15. The van der Waals surface area contributed by atoms with Crippen molar-refractivity contribution in [1.29, 1.82) is 0 Å². The standard InChI is InChI=1S/C13H16BrNO3S/c1-9-6-12(4-5-13(9)14)19(17,18)15-11-3-2-10(7-11)8-16/h2-6,10-11,15-16H,7-8H2,1H3/t10-,11+/m0/s1. The molecule has 0 radical (unpaired) electrons. The summed E-state index contributed by atoms with van der Waals surface area (Å²) in [6, 6.07) is 4.69. The number of hydrogen-bond acceptors (Lipinski definition) is 3. The van der Waals surface area contributed by atoms with Crippen LogP contribution in [0.5, 0.6) is 0 Å². The lowest BCUT2D eigenvalue weighted by Gasteiger charge is -2.13. The Hall–Kier alpha value is -0.690. The van der Waals surface area contributed by atoms with Crippen LogP contribution in [0.1, 0.15) is 12.0 Å². The zero-order valence-corrected chi connectivity index (χ0v) is 12.9. The van der Waals surface area contributed by atoms with Gasteiger partial charge < -0.3 is 5.11 Å². The van der Waals surface area contributed by atoms with Crippen LogP contribution >= 0.6 is 15.9 Å². The van der Waals surface area contributed by atoms with Crippen LogP contribution in [-0.2, 0) is 10.0 Å². The summed E-state index contributed by atoms with van der Waals surface area (Å²) in [7, 11) is -3.52. The monoisotopic (exact) mass is 345 g/mol. The van der Waals surface area contributed by atoms with Crippen molar-refractivity contribution in [2.75, 3.05) is 6.61 Å². The first-order valence-electron chi connectivity index (χ1n) is 6.00. The molecule has 0 amide bonds. The van der Waals surface area contributed by atoms with Gasteiger partial charge in [-0.2, -0.15) is 0 Å². The minimum absolute atomic E-state index is 0.0411. The highest BCUT2D eigenvalue weighted by molar-refractivity contribution is 9.10. The molecule has 0 fully saturated rings. The molecule has 2 atom stereocenters. The van der Waals surface area contributed by atoms with E-state index in [1.807, 2.05) is 13.0 Å². The zero-order valence-electron chi connectivity index (χ0n) is 10.5. The van der Waals surface area contributed by atoms with E-state index in [0.29, 0.717) is 6.42 Å². The number of aliphatic hydroxyl groups excluding tert-OH is 1. The fourth-order valence-corrected chi connectivity index (χ4v) is 3.58. The average molecular weight is 346 g/mol. The van der Waals surface area contributed by atoms with Crippen LogP contribution in [0.15, 0.2) is 39.7 Å². The van der Waals surface area contributed by atoms with Gasteiger partial charge in [-0.1, -0.05) is 28.1 Å². The van der Waals surface area contributed by atoms with Crippen molar-refractivity contribution >= 4 is 26.0 Å². The number of halogens is 1. The fraction of sp³-hybridized carbons (Fsp3) is 0.385. The Morgan fingerprint density at radius 2 is 2.16 bits per heavy atom. The molecule has 19 heavy (non-hydrogen) atoms. The van der Waals surface area contributed by atoms with E-state index in [1.165, 1.54) is 0 Å². The molecule has 0 unspecified atom stereocenters. The minimum atomic E-state index is -3.52. The molecule has 0 aromatic heterocycles. The van der Waals surface area contributed by atoms with Gasteiger partial charge in [-0.05, 0) is 37.1 Å². The van der Waals surface area contributed by atoms with Crippen molar-refractivity contribution in [3.63, 3.8) is 0 Å². The second-order valence-corrected chi connectivity index (χ2v) is 7.27. The van der Waals surface area contributed by atoms with Gasteiger partial charge in [0.05, 0.1) is 4.90 Å². The molecule has 1 aliphatic rings. The molecule has 104 valence electrons. The molecule has 0 aliphatic heterocycles. The summed E-state index contributed by atoms with van der Waals surface area (Å²) in [6.07, 6.45) is 4.25. The largest absolute Gasteiger partial charge is 0.396 e. The van der Waals surface area contributed by atoms with Crippen LogP contribution in [0, 0.1) is 12.8 Å². The third kappa shape index (κ3) is 3.45. The van der Waals surface area contributed by atoms with Gasteiger partial charge in [-0.3, -0.25) is 0 Å². The van der Waals surface area contributed by atoms with Crippen molar-refractivity contribution < 1.29 is 13.5 Å². The molecule has 0 saturated carbocycles. The number of hydrogen-bond donors (Lipinski definition) is 2. The van der Waals surface area contributed by atoms with Gasteiger partial charge in [-0.25, -0.2) is 13.1 Å². The predicted molar refractivity (Wildman–Crippen MR) is 77.3 cm³/mol. The topological polar surface area (TPSA) is 66.4 Å². The first-order valence-corrected chi connectivity index (χ1v) is 8.27. The van der Waals surface area contributed by atoms with E-state index >= 15 is 0 Å². The SMILES string of the molecule is Cc1cc(S(=O)(=O)N[C@@H]2C=C[C@H](CO)C2)ccc1Br. The van der Waals surface area contributed by atoms with E-state index in [4.69, 9.17) is 5.11 Å². The van der Waals surface area contributed by atoms with Crippen LogP contribution in [0.3, 0.4) is 0 Å². The number of nitrogens with one attached hydrogen (secondary N) is 1. The first-order chi connectivity index (χ1) is 8.92. The summed E-state index contributed by atoms with van der Waals surface area (Å²) < 4.78 is 28.0. The van der Waals surface area contributed by atoms with Crippen molar-refractivity contribution in [2.45, 2.75) is 24.3 Å². The van der Waals surface area contributed by atoms with Crippen molar-refractivity contribution in [1.82, 2.24) is 4.72 Å². The molecule has 1 aromatic carbocycles. The van der Waals surface area contributed by atoms with E-state index in [2.05, 4.69) is 20.7 Å². The van der Waals surface area contributed by atoms with E-state index < -0.39 is 10.0 Å². The molecule has 0 saturated heterocycles. The highest BCUT2D eigenvalue weighted by atomic mass is 79.9. The number of benzene rings is 1. The summed E-state index contributed by atoms with van der Waals surface area (Å²) in [6.45, 7) is 1.90. The van der Waals surface area contributed by atoms with Gasteiger partial charge in [0.25, 0.3) is 0 Å². The maximum atomic E-state index is 12.2. The summed E-state index contributed by atoms with van der Waals surface area (Å²) in [5.41, 5.74) is 0.873. The van der Waals surface area contributed by atoms with E-state index in [1.54, 1.807) is 24.3 Å². The van der Waals surface area contributed by atoms with Gasteiger partial charge in [0.2, 0.25) is 10.0 Å². The molecule has 1 aromatic rings. The average Bonchev–Trinajstić information content (AvgIpc) is 2.79. The molecule has 6 heteroatoms. The third-order valence-corrected chi connectivity index (χ3v) is 5.53. The quantitative estimate of drug-likeness (QED) is 0.820. The van der Waals surface area contributed by atoms with Gasteiger partial charge in [0.15, 0.2) is 0 Å². The lowest BCUT2D eigenvalue weighted by molar-refractivity contribution is 0.248. The van der Waals surface area contributed by atoms with Crippen LogP contribution in [-0.4, -0.2) is 26.2 Å². The summed E-state index contributed by atoms with van der Waals surface area (Å²) >= 11 is 3.35. The Morgan fingerprint density at radius 1 is 1.42 bits per heavy atom. The lowest BCUT2D eigenvalue weighted by atomic mass is 10.1. The maximum Gasteiger partial charge on any atom is 0.241 e. The number of aliphatic hydroxyl groups is 1. The van der Waals surface area contributed by atoms with Crippen molar-refractivity contribution in [2.24, 2.45) is 5.92 Å². The molecule has 0 spiro atoms. The number of sulfonamides is 1. The zero-order chi connectivity index (χ0) is 14.0. The fourth-order valence-electron chi connectivity index (χ4n) is 2.05. The molecule has 0 heterocycles. The van der Waals surface area contributed by atoms with Crippen LogP contribution < -0.4 is 4.72 Å². The molecule has 2 rings (SSSR count). The Kier molecular flexibility index (Phi) is 4.45. The van der Waals surface area contributed by atoms with Gasteiger partial charge in [0.1, 0.15) is 0 Å². The molecule has 4 nitrogen and oxygen atoms in total. The van der Waals surface area contributed by atoms with Gasteiger partial charge in [0, 0.05) is 23.0 Å². The van der Waals surface area contributed by atoms with Gasteiger partial charge in [-0.15, -0.1) is 0 Å². The van der Waals surface area contributed by atoms with Crippen LogP contribution in [0.2, 0.25) is 0 Å². The molecular weight excluding hydrogens is 330 g/mol. The predicted octanol–water partition coefficient (Wildman–Crippen LogP) is 1.97. The number of aryl methyl sites for hydroxylation is 1. The summed E-state index contributed by atoms with van der Waals surface area (Å²) in [4.78, 5) is 0.258. The normalized spacial score (nSPS) is 22.9. The van der Waals surface area contributed by atoms with Crippen LogP contribution in [0.25, 0.3) is 0 Å². The van der Waals surface area contributed by atoms with E-state index in [9.17, 15) is 8.42 Å². The molecule has 0 bridgehead atoms. The first kappa shape index (κ1) is 14.7. The minimum Gasteiger partial charge on any atom is -0.396 e. The lowest BCUT2D eigenvalue weighted by Crippen LogP contribution is -2.33. The third-order valence-electron chi connectivity index (χ3n) is 3.15. The second-order valence-electron chi connectivity index (χ2n) is 4.70. The molecule has 2 N–H and O–H groups in total. The Morgan fingerprint density at radius 3 is 2.74 bits per heavy atom.